The van der Waals surface area contributed by atoms with Gasteiger partial charge in [-0.05, 0) is 39.3 Å². The first kappa shape index (κ1) is 15.6. The molecule has 2 aromatic heterocycles. The Morgan fingerprint density at radius 1 is 1.21 bits per heavy atom. The number of nitrogens with zero attached hydrogens (tertiary/aromatic N) is 5. The molecule has 2 aliphatic heterocycles. The van der Waals surface area contributed by atoms with Crippen molar-refractivity contribution in [3.05, 3.63) is 23.0 Å². The van der Waals surface area contributed by atoms with E-state index in [1.54, 1.807) is 4.68 Å². The second-order valence-corrected chi connectivity index (χ2v) is 7.16. The molecule has 2 saturated heterocycles. The highest BCUT2D eigenvalue weighted by atomic mass is 16.2. The lowest BCUT2D eigenvalue weighted by molar-refractivity contribution is 0.0374. The van der Waals surface area contributed by atoms with E-state index in [9.17, 15) is 4.79 Å². The van der Waals surface area contributed by atoms with Crippen LogP contribution in [0.15, 0.2) is 6.07 Å². The molecule has 6 heteroatoms. The Morgan fingerprint density at radius 3 is 2.88 bits per heavy atom. The third-order valence-electron chi connectivity index (χ3n) is 5.45. The zero-order chi connectivity index (χ0) is 16.8. The standard InChI is InChI=1S/C18H25N5O/c1-12-10-15(16-13(2)20-21(3)17(16)19-12)18(24)23-9-8-22-7-5-4-6-14(22)11-23/h10,14H,4-9,11H2,1-3H3/t14-/m1/s1. The van der Waals surface area contributed by atoms with Gasteiger partial charge in [0.2, 0.25) is 0 Å². The Morgan fingerprint density at radius 2 is 2.04 bits per heavy atom. The van der Waals surface area contributed by atoms with Crippen molar-refractivity contribution in [1.29, 1.82) is 0 Å². The van der Waals surface area contributed by atoms with E-state index in [2.05, 4.69) is 15.0 Å². The fraction of sp³-hybridized carbons (Fsp3) is 0.611. The molecule has 2 fully saturated rings. The van der Waals surface area contributed by atoms with Crippen LogP contribution in [0.1, 0.15) is 41.0 Å². The van der Waals surface area contributed by atoms with Gasteiger partial charge in [0.15, 0.2) is 5.65 Å². The molecule has 0 radical (unpaired) electrons. The maximum absolute atomic E-state index is 13.2. The average molecular weight is 327 g/mol. The van der Waals surface area contributed by atoms with E-state index in [4.69, 9.17) is 0 Å². The number of piperazine rings is 1. The van der Waals surface area contributed by atoms with Gasteiger partial charge < -0.3 is 4.90 Å². The molecule has 0 aliphatic carbocycles. The molecule has 1 amide bonds. The number of aromatic nitrogens is 3. The van der Waals surface area contributed by atoms with Crippen molar-refractivity contribution >= 4 is 16.9 Å². The van der Waals surface area contributed by atoms with E-state index < -0.39 is 0 Å². The molecule has 2 aromatic rings. The second-order valence-electron chi connectivity index (χ2n) is 7.16. The topological polar surface area (TPSA) is 54.3 Å². The minimum Gasteiger partial charge on any atom is -0.336 e. The monoisotopic (exact) mass is 327 g/mol. The molecular formula is C18H25N5O. The lowest BCUT2D eigenvalue weighted by atomic mass is 9.98. The second kappa shape index (κ2) is 5.84. The lowest BCUT2D eigenvalue weighted by Crippen LogP contribution is -2.56. The highest BCUT2D eigenvalue weighted by molar-refractivity contribution is 6.06. The number of aryl methyl sites for hydroxylation is 3. The molecular weight excluding hydrogens is 302 g/mol. The predicted octanol–water partition coefficient (Wildman–Crippen LogP) is 1.90. The summed E-state index contributed by atoms with van der Waals surface area (Å²) in [6, 6.07) is 2.46. The molecule has 0 spiro atoms. The summed E-state index contributed by atoms with van der Waals surface area (Å²) in [5, 5.41) is 5.36. The van der Waals surface area contributed by atoms with Crippen molar-refractivity contribution in [1.82, 2.24) is 24.6 Å². The number of fused-ring (bicyclic) bond motifs is 2. The molecule has 128 valence electrons. The van der Waals surface area contributed by atoms with Crippen LogP contribution >= 0.6 is 0 Å². The van der Waals surface area contributed by atoms with Gasteiger partial charge in [-0.25, -0.2) is 4.98 Å². The molecule has 24 heavy (non-hydrogen) atoms. The summed E-state index contributed by atoms with van der Waals surface area (Å²) < 4.78 is 1.77. The van der Waals surface area contributed by atoms with Crippen LogP contribution in [0.4, 0.5) is 0 Å². The Hall–Kier alpha value is -1.95. The summed E-state index contributed by atoms with van der Waals surface area (Å²) in [4.78, 5) is 22.4. The first-order valence-electron chi connectivity index (χ1n) is 8.89. The van der Waals surface area contributed by atoms with Crippen LogP contribution in [0.3, 0.4) is 0 Å². The van der Waals surface area contributed by atoms with Crippen molar-refractivity contribution in [2.75, 3.05) is 26.2 Å². The molecule has 0 bridgehead atoms. The highest BCUT2D eigenvalue weighted by Crippen LogP contribution is 2.26. The minimum absolute atomic E-state index is 0.131. The number of rotatable bonds is 1. The number of carbonyl (C=O) groups excluding carboxylic acids is 1. The van der Waals surface area contributed by atoms with Crippen LogP contribution in [-0.4, -0.2) is 62.7 Å². The first-order valence-corrected chi connectivity index (χ1v) is 8.89. The van der Waals surface area contributed by atoms with Crippen molar-refractivity contribution in [2.24, 2.45) is 7.05 Å². The molecule has 6 nitrogen and oxygen atoms in total. The molecule has 0 aromatic carbocycles. The van der Waals surface area contributed by atoms with Gasteiger partial charge in [0.25, 0.3) is 5.91 Å². The van der Waals surface area contributed by atoms with Crippen LogP contribution in [0.25, 0.3) is 11.0 Å². The zero-order valence-corrected chi connectivity index (χ0v) is 14.7. The minimum atomic E-state index is 0.131. The van der Waals surface area contributed by atoms with E-state index >= 15 is 0 Å². The van der Waals surface area contributed by atoms with Crippen LogP contribution in [0, 0.1) is 13.8 Å². The summed E-state index contributed by atoms with van der Waals surface area (Å²) >= 11 is 0. The van der Waals surface area contributed by atoms with Gasteiger partial charge in [0.1, 0.15) is 0 Å². The first-order chi connectivity index (χ1) is 11.5. The Labute approximate surface area is 142 Å². The Balaban J connectivity index is 1.68. The van der Waals surface area contributed by atoms with Gasteiger partial charge in [-0.3, -0.25) is 14.4 Å². The van der Waals surface area contributed by atoms with Crippen LogP contribution < -0.4 is 0 Å². The van der Waals surface area contributed by atoms with E-state index in [0.29, 0.717) is 6.04 Å². The van der Waals surface area contributed by atoms with E-state index in [-0.39, 0.29) is 5.91 Å². The summed E-state index contributed by atoms with van der Waals surface area (Å²) in [5.74, 6) is 0.131. The smallest absolute Gasteiger partial charge is 0.254 e. The van der Waals surface area contributed by atoms with Gasteiger partial charge in [0, 0.05) is 38.4 Å². The van der Waals surface area contributed by atoms with Crippen LogP contribution in [0.5, 0.6) is 0 Å². The number of pyridine rings is 1. The number of piperidine rings is 1. The molecule has 1 atom stereocenters. The third kappa shape index (κ3) is 2.49. The van der Waals surface area contributed by atoms with Gasteiger partial charge in [-0.1, -0.05) is 6.42 Å². The molecule has 4 heterocycles. The van der Waals surface area contributed by atoms with E-state index in [1.165, 1.54) is 25.8 Å². The predicted molar refractivity (Wildman–Crippen MR) is 93.1 cm³/mol. The zero-order valence-electron chi connectivity index (χ0n) is 14.7. The maximum Gasteiger partial charge on any atom is 0.254 e. The molecule has 2 aliphatic rings. The highest BCUT2D eigenvalue weighted by Gasteiger charge is 2.32. The normalized spacial score (nSPS) is 22.0. The largest absolute Gasteiger partial charge is 0.336 e. The van der Waals surface area contributed by atoms with Crippen molar-refractivity contribution < 1.29 is 4.79 Å². The maximum atomic E-state index is 13.2. The molecule has 4 rings (SSSR count). The third-order valence-corrected chi connectivity index (χ3v) is 5.45. The van der Waals surface area contributed by atoms with Crippen molar-refractivity contribution in [3.8, 4) is 0 Å². The number of carbonyl (C=O) groups is 1. The Kier molecular flexibility index (Phi) is 3.79. The SMILES string of the molecule is Cc1cc(C(=O)N2CCN3CCCC[C@@H]3C2)c2c(C)nn(C)c2n1. The van der Waals surface area contributed by atoms with Crippen molar-refractivity contribution in [3.63, 3.8) is 0 Å². The average Bonchev–Trinajstić information content (AvgIpc) is 2.87. The van der Waals surface area contributed by atoms with E-state index in [0.717, 1.165) is 47.6 Å². The quantitative estimate of drug-likeness (QED) is 0.803. The number of hydrogen-bond donors (Lipinski definition) is 0. The Bertz CT molecular complexity index is 796. The molecule has 0 saturated carbocycles. The van der Waals surface area contributed by atoms with Gasteiger partial charge >= 0.3 is 0 Å². The van der Waals surface area contributed by atoms with Crippen molar-refractivity contribution in [2.45, 2.75) is 39.2 Å². The summed E-state index contributed by atoms with van der Waals surface area (Å²) in [5.41, 5.74) is 3.30. The van der Waals surface area contributed by atoms with E-state index in [1.807, 2.05) is 31.9 Å². The van der Waals surface area contributed by atoms with Crippen LogP contribution in [0.2, 0.25) is 0 Å². The summed E-state index contributed by atoms with van der Waals surface area (Å²) in [6.07, 6.45) is 3.79. The molecule has 0 unspecified atom stereocenters. The van der Waals surface area contributed by atoms with Gasteiger partial charge in [0.05, 0.1) is 16.6 Å². The number of hydrogen-bond acceptors (Lipinski definition) is 4. The summed E-state index contributed by atoms with van der Waals surface area (Å²) in [6.45, 7) is 7.74. The summed E-state index contributed by atoms with van der Waals surface area (Å²) in [7, 11) is 1.89. The fourth-order valence-electron chi connectivity index (χ4n) is 4.25. The van der Waals surface area contributed by atoms with Gasteiger partial charge in [-0.2, -0.15) is 5.10 Å². The van der Waals surface area contributed by atoms with Gasteiger partial charge in [-0.15, -0.1) is 0 Å². The fourth-order valence-corrected chi connectivity index (χ4v) is 4.25. The van der Waals surface area contributed by atoms with Crippen LogP contribution in [-0.2, 0) is 7.05 Å². The lowest BCUT2D eigenvalue weighted by Gasteiger charge is -2.44. The number of amides is 1. The molecule has 0 N–H and O–H groups in total.